The number of carbonyl (C=O) groups excluding carboxylic acids is 1. The fourth-order valence-corrected chi connectivity index (χ4v) is 3.60. The Morgan fingerprint density at radius 3 is 2.82 bits per heavy atom. The van der Waals surface area contributed by atoms with Crippen LogP contribution < -0.4 is 15.0 Å². The second-order valence-electron chi connectivity index (χ2n) is 7.46. The average molecular weight is 376 g/mol. The lowest BCUT2D eigenvalue weighted by atomic mass is 10.1. The highest BCUT2D eigenvalue weighted by atomic mass is 16.5. The van der Waals surface area contributed by atoms with E-state index in [-0.39, 0.29) is 11.8 Å². The SMILES string of the molecule is Cc1cc(-c2cc3ncccc3c(OCC3CNC(=O)C3)n2)ccc1N(C)C. The number of nitrogens with one attached hydrogen (secondary N) is 1. The van der Waals surface area contributed by atoms with Crippen molar-refractivity contribution >= 4 is 22.5 Å². The molecule has 4 rings (SSSR count). The minimum Gasteiger partial charge on any atom is -0.477 e. The molecule has 0 radical (unpaired) electrons. The molecule has 2 aromatic heterocycles. The number of aryl methyl sites for hydroxylation is 1. The van der Waals surface area contributed by atoms with E-state index < -0.39 is 0 Å². The monoisotopic (exact) mass is 376 g/mol. The van der Waals surface area contributed by atoms with E-state index in [2.05, 4.69) is 40.3 Å². The molecule has 144 valence electrons. The Hall–Kier alpha value is -3.15. The fourth-order valence-electron chi connectivity index (χ4n) is 3.60. The van der Waals surface area contributed by atoms with Gasteiger partial charge in [0, 0.05) is 50.4 Å². The first-order valence-corrected chi connectivity index (χ1v) is 9.45. The quantitative estimate of drug-likeness (QED) is 0.741. The summed E-state index contributed by atoms with van der Waals surface area (Å²) in [6.45, 7) is 3.21. The summed E-state index contributed by atoms with van der Waals surface area (Å²) in [5.74, 6) is 0.818. The highest BCUT2D eigenvalue weighted by molar-refractivity contribution is 5.87. The third-order valence-electron chi connectivity index (χ3n) is 5.06. The van der Waals surface area contributed by atoms with Gasteiger partial charge in [-0.2, -0.15) is 0 Å². The molecule has 6 heteroatoms. The van der Waals surface area contributed by atoms with E-state index in [9.17, 15) is 4.79 Å². The van der Waals surface area contributed by atoms with Crippen LogP contribution in [-0.2, 0) is 4.79 Å². The number of fused-ring (bicyclic) bond motifs is 1. The number of rotatable bonds is 5. The topological polar surface area (TPSA) is 67.3 Å². The maximum Gasteiger partial charge on any atom is 0.223 e. The number of anilines is 1. The van der Waals surface area contributed by atoms with Crippen LogP contribution in [0.2, 0.25) is 0 Å². The first-order chi connectivity index (χ1) is 13.5. The summed E-state index contributed by atoms with van der Waals surface area (Å²) in [6, 6.07) is 12.1. The van der Waals surface area contributed by atoms with E-state index in [1.165, 1.54) is 11.3 Å². The van der Waals surface area contributed by atoms with Crippen LogP contribution in [0, 0.1) is 12.8 Å². The number of pyridine rings is 2. The summed E-state index contributed by atoms with van der Waals surface area (Å²) < 4.78 is 6.05. The molecule has 0 bridgehead atoms. The molecule has 1 aromatic carbocycles. The number of amides is 1. The molecule has 0 aliphatic carbocycles. The van der Waals surface area contributed by atoms with Crippen LogP contribution in [0.3, 0.4) is 0 Å². The van der Waals surface area contributed by atoms with Gasteiger partial charge < -0.3 is 15.0 Å². The van der Waals surface area contributed by atoms with Crippen LogP contribution in [0.25, 0.3) is 22.2 Å². The van der Waals surface area contributed by atoms with Crippen molar-refractivity contribution in [3.05, 3.63) is 48.2 Å². The van der Waals surface area contributed by atoms with E-state index in [0.29, 0.717) is 25.5 Å². The highest BCUT2D eigenvalue weighted by Gasteiger charge is 2.22. The molecule has 1 fully saturated rings. The molecule has 1 N–H and O–H groups in total. The minimum absolute atomic E-state index is 0.0818. The van der Waals surface area contributed by atoms with E-state index in [0.717, 1.165) is 22.2 Å². The Labute approximate surface area is 164 Å². The lowest BCUT2D eigenvalue weighted by molar-refractivity contribution is -0.119. The summed E-state index contributed by atoms with van der Waals surface area (Å²) in [4.78, 5) is 22.8. The van der Waals surface area contributed by atoms with Gasteiger partial charge in [0.1, 0.15) is 0 Å². The molecular weight excluding hydrogens is 352 g/mol. The Bertz CT molecular complexity index is 1030. The van der Waals surface area contributed by atoms with Gasteiger partial charge in [0.05, 0.1) is 23.2 Å². The lowest BCUT2D eigenvalue weighted by Crippen LogP contribution is -2.17. The van der Waals surface area contributed by atoms with Gasteiger partial charge in [-0.15, -0.1) is 0 Å². The van der Waals surface area contributed by atoms with Crippen LogP contribution in [0.1, 0.15) is 12.0 Å². The highest BCUT2D eigenvalue weighted by Crippen LogP contribution is 2.31. The van der Waals surface area contributed by atoms with Gasteiger partial charge in [0.2, 0.25) is 11.8 Å². The van der Waals surface area contributed by atoms with Gasteiger partial charge in [0.15, 0.2) is 0 Å². The second-order valence-corrected chi connectivity index (χ2v) is 7.46. The smallest absolute Gasteiger partial charge is 0.223 e. The largest absolute Gasteiger partial charge is 0.477 e. The maximum atomic E-state index is 11.4. The van der Waals surface area contributed by atoms with E-state index >= 15 is 0 Å². The van der Waals surface area contributed by atoms with Crippen molar-refractivity contribution in [2.45, 2.75) is 13.3 Å². The molecule has 1 aliphatic rings. The molecule has 1 unspecified atom stereocenters. The number of carbonyl (C=O) groups is 1. The van der Waals surface area contributed by atoms with E-state index in [1.807, 2.05) is 32.3 Å². The predicted octanol–water partition coefficient (Wildman–Crippen LogP) is 3.19. The Balaban J connectivity index is 1.69. The maximum absolute atomic E-state index is 11.4. The number of hydrogen-bond acceptors (Lipinski definition) is 5. The zero-order valence-corrected chi connectivity index (χ0v) is 16.4. The second kappa shape index (κ2) is 7.46. The number of benzene rings is 1. The molecule has 0 spiro atoms. The fraction of sp³-hybridized carbons (Fsp3) is 0.318. The van der Waals surface area contributed by atoms with Crippen LogP contribution >= 0.6 is 0 Å². The molecule has 3 heterocycles. The molecule has 1 atom stereocenters. The van der Waals surface area contributed by atoms with Crippen molar-refractivity contribution in [1.82, 2.24) is 15.3 Å². The summed E-state index contributed by atoms with van der Waals surface area (Å²) in [5, 5.41) is 3.72. The Morgan fingerprint density at radius 1 is 1.25 bits per heavy atom. The zero-order valence-electron chi connectivity index (χ0n) is 16.4. The zero-order chi connectivity index (χ0) is 19.7. The third kappa shape index (κ3) is 3.63. The average Bonchev–Trinajstić information content (AvgIpc) is 3.10. The molecule has 3 aromatic rings. The van der Waals surface area contributed by atoms with Gasteiger partial charge >= 0.3 is 0 Å². The van der Waals surface area contributed by atoms with Crippen molar-refractivity contribution in [2.24, 2.45) is 5.92 Å². The van der Waals surface area contributed by atoms with Crippen molar-refractivity contribution in [3.8, 4) is 17.1 Å². The van der Waals surface area contributed by atoms with Crippen molar-refractivity contribution in [2.75, 3.05) is 32.1 Å². The molecule has 0 saturated carbocycles. The van der Waals surface area contributed by atoms with Crippen LogP contribution in [-0.4, -0.2) is 43.1 Å². The molecule has 6 nitrogen and oxygen atoms in total. The number of nitrogens with zero attached hydrogens (tertiary/aromatic N) is 3. The summed E-state index contributed by atoms with van der Waals surface area (Å²) in [5.41, 5.74) is 5.06. The summed E-state index contributed by atoms with van der Waals surface area (Å²) >= 11 is 0. The number of hydrogen-bond donors (Lipinski definition) is 1. The molecule has 1 aliphatic heterocycles. The van der Waals surface area contributed by atoms with Gasteiger partial charge in [-0.25, -0.2) is 4.98 Å². The van der Waals surface area contributed by atoms with E-state index in [1.54, 1.807) is 6.20 Å². The van der Waals surface area contributed by atoms with Gasteiger partial charge in [-0.05, 0) is 42.8 Å². The van der Waals surface area contributed by atoms with Crippen molar-refractivity contribution in [1.29, 1.82) is 0 Å². The molecule has 1 saturated heterocycles. The van der Waals surface area contributed by atoms with Gasteiger partial charge in [-0.3, -0.25) is 9.78 Å². The third-order valence-corrected chi connectivity index (χ3v) is 5.06. The van der Waals surface area contributed by atoms with Crippen LogP contribution in [0.5, 0.6) is 5.88 Å². The number of ether oxygens (including phenoxy) is 1. The Morgan fingerprint density at radius 2 is 2.11 bits per heavy atom. The van der Waals surface area contributed by atoms with Crippen LogP contribution in [0.4, 0.5) is 5.69 Å². The predicted molar refractivity (Wildman–Crippen MR) is 111 cm³/mol. The van der Waals surface area contributed by atoms with E-state index in [4.69, 9.17) is 9.72 Å². The minimum atomic E-state index is 0.0818. The summed E-state index contributed by atoms with van der Waals surface area (Å²) in [6.07, 6.45) is 2.27. The van der Waals surface area contributed by atoms with Crippen molar-refractivity contribution in [3.63, 3.8) is 0 Å². The van der Waals surface area contributed by atoms with Gasteiger partial charge in [0.25, 0.3) is 0 Å². The molecular formula is C22H24N4O2. The standard InChI is InChI=1S/C22H24N4O2/c1-14-9-16(6-7-20(14)26(2)3)18-11-19-17(5-4-8-23-19)22(25-18)28-13-15-10-21(27)24-12-15/h4-9,11,15H,10,12-13H2,1-3H3,(H,24,27). The first-order valence-electron chi connectivity index (χ1n) is 9.45. The Kier molecular flexibility index (Phi) is 4.86. The summed E-state index contributed by atoms with van der Waals surface area (Å²) in [7, 11) is 4.07. The lowest BCUT2D eigenvalue weighted by Gasteiger charge is -2.17. The van der Waals surface area contributed by atoms with Crippen molar-refractivity contribution < 1.29 is 9.53 Å². The molecule has 1 amide bonds. The van der Waals surface area contributed by atoms with Gasteiger partial charge in [-0.1, -0.05) is 6.07 Å². The molecule has 28 heavy (non-hydrogen) atoms. The first kappa shape index (κ1) is 18.2. The normalized spacial score (nSPS) is 16.2. The van der Waals surface area contributed by atoms with Crippen LogP contribution in [0.15, 0.2) is 42.6 Å². The number of aromatic nitrogens is 2.